The molecule has 0 aromatic carbocycles. The van der Waals surface area contributed by atoms with Gasteiger partial charge in [0.2, 0.25) is 5.91 Å². The van der Waals surface area contributed by atoms with Crippen molar-refractivity contribution in [2.75, 3.05) is 13.2 Å². The second-order valence-electron chi connectivity index (χ2n) is 6.70. The lowest BCUT2D eigenvalue weighted by Gasteiger charge is -2.25. The average Bonchev–Trinajstić information content (AvgIpc) is 3.01. The SMILES string of the molecule is CCn1c([C@H]2OCC[C@H]2C)nn(CC(=O)NCC2CCC2)c1=O. The van der Waals surface area contributed by atoms with E-state index in [1.165, 1.54) is 23.9 Å². The van der Waals surface area contributed by atoms with Crippen LogP contribution in [0.2, 0.25) is 0 Å². The number of nitrogens with one attached hydrogen (secondary N) is 1. The lowest BCUT2D eigenvalue weighted by atomic mass is 9.85. The van der Waals surface area contributed by atoms with Crippen molar-refractivity contribution in [2.24, 2.45) is 11.8 Å². The fourth-order valence-electron chi connectivity index (χ4n) is 3.24. The summed E-state index contributed by atoms with van der Waals surface area (Å²) in [6, 6.07) is 0. The van der Waals surface area contributed by atoms with Crippen molar-refractivity contribution < 1.29 is 9.53 Å². The highest BCUT2D eigenvalue weighted by Crippen LogP contribution is 2.32. The summed E-state index contributed by atoms with van der Waals surface area (Å²) in [7, 11) is 0. The number of amides is 1. The van der Waals surface area contributed by atoms with E-state index in [-0.39, 0.29) is 24.2 Å². The van der Waals surface area contributed by atoms with Crippen molar-refractivity contribution in [2.45, 2.75) is 58.7 Å². The normalized spacial score (nSPS) is 24.6. The number of aromatic nitrogens is 3. The fraction of sp³-hybridized carbons (Fsp3) is 0.812. The maximum absolute atomic E-state index is 12.5. The molecular weight excluding hydrogens is 296 g/mol. The largest absolute Gasteiger partial charge is 0.370 e. The highest BCUT2D eigenvalue weighted by molar-refractivity contribution is 5.75. The third-order valence-electron chi connectivity index (χ3n) is 5.02. The maximum atomic E-state index is 12.5. The van der Waals surface area contributed by atoms with E-state index in [0.29, 0.717) is 37.4 Å². The van der Waals surface area contributed by atoms with Crippen LogP contribution in [0.5, 0.6) is 0 Å². The predicted molar refractivity (Wildman–Crippen MR) is 85.0 cm³/mol. The molecule has 2 heterocycles. The number of hydrogen-bond acceptors (Lipinski definition) is 4. The van der Waals surface area contributed by atoms with Gasteiger partial charge in [0, 0.05) is 19.7 Å². The maximum Gasteiger partial charge on any atom is 0.346 e. The Morgan fingerprint density at radius 1 is 1.39 bits per heavy atom. The number of carbonyl (C=O) groups is 1. The lowest BCUT2D eigenvalue weighted by Crippen LogP contribution is -2.37. The van der Waals surface area contributed by atoms with Gasteiger partial charge in [0.05, 0.1) is 0 Å². The Labute approximate surface area is 136 Å². The van der Waals surface area contributed by atoms with Crippen molar-refractivity contribution in [3.63, 3.8) is 0 Å². The molecule has 2 aliphatic rings. The molecule has 0 spiro atoms. The summed E-state index contributed by atoms with van der Waals surface area (Å²) < 4.78 is 8.62. The summed E-state index contributed by atoms with van der Waals surface area (Å²) in [5, 5.41) is 7.30. The summed E-state index contributed by atoms with van der Waals surface area (Å²) in [4.78, 5) is 24.5. The van der Waals surface area contributed by atoms with Crippen LogP contribution in [0, 0.1) is 11.8 Å². The van der Waals surface area contributed by atoms with Crippen LogP contribution >= 0.6 is 0 Å². The van der Waals surface area contributed by atoms with Gasteiger partial charge in [-0.15, -0.1) is 0 Å². The standard InChI is InChI=1S/C16H26N4O3/c1-3-19-15(14-11(2)7-8-23-14)18-20(16(19)22)10-13(21)17-9-12-5-4-6-12/h11-12,14H,3-10H2,1-2H3,(H,17,21)/t11-,14+/m1/s1. The molecule has 1 aromatic rings. The number of nitrogens with zero attached hydrogens (tertiary/aromatic N) is 3. The molecule has 2 fully saturated rings. The molecule has 1 N–H and O–H groups in total. The summed E-state index contributed by atoms with van der Waals surface area (Å²) in [6.07, 6.45) is 4.44. The van der Waals surface area contributed by atoms with E-state index in [2.05, 4.69) is 17.3 Å². The van der Waals surface area contributed by atoms with E-state index in [9.17, 15) is 9.59 Å². The van der Waals surface area contributed by atoms with Crippen molar-refractivity contribution in [3.05, 3.63) is 16.3 Å². The third-order valence-corrected chi connectivity index (χ3v) is 5.02. The second-order valence-corrected chi connectivity index (χ2v) is 6.70. The van der Waals surface area contributed by atoms with E-state index in [1.54, 1.807) is 4.57 Å². The van der Waals surface area contributed by atoms with Crippen LogP contribution in [0.1, 0.15) is 51.5 Å². The topological polar surface area (TPSA) is 78.2 Å². The van der Waals surface area contributed by atoms with Crippen LogP contribution < -0.4 is 11.0 Å². The first-order valence-electron chi connectivity index (χ1n) is 8.66. The molecule has 1 saturated heterocycles. The molecule has 1 amide bonds. The first kappa shape index (κ1) is 16.2. The first-order chi connectivity index (χ1) is 11.1. The molecule has 0 bridgehead atoms. The smallest absolute Gasteiger partial charge is 0.346 e. The van der Waals surface area contributed by atoms with Crippen LogP contribution in [0.3, 0.4) is 0 Å². The van der Waals surface area contributed by atoms with Gasteiger partial charge in [-0.05, 0) is 38.0 Å². The van der Waals surface area contributed by atoms with Crippen LogP contribution in [0.25, 0.3) is 0 Å². The van der Waals surface area contributed by atoms with Crippen LogP contribution in [-0.2, 0) is 22.6 Å². The summed E-state index contributed by atoms with van der Waals surface area (Å²) >= 11 is 0. The van der Waals surface area contributed by atoms with Gasteiger partial charge in [0.25, 0.3) is 0 Å². The van der Waals surface area contributed by atoms with Crippen LogP contribution in [0.15, 0.2) is 4.79 Å². The van der Waals surface area contributed by atoms with Crippen molar-refractivity contribution >= 4 is 5.91 Å². The average molecular weight is 322 g/mol. The third kappa shape index (κ3) is 3.34. The molecule has 0 radical (unpaired) electrons. The highest BCUT2D eigenvalue weighted by atomic mass is 16.5. The Bertz CT molecular complexity index is 617. The van der Waals surface area contributed by atoms with Crippen molar-refractivity contribution in [1.82, 2.24) is 19.7 Å². The molecule has 1 aliphatic carbocycles. The number of carbonyl (C=O) groups excluding carboxylic acids is 1. The fourth-order valence-corrected chi connectivity index (χ4v) is 3.24. The number of ether oxygens (including phenoxy) is 1. The number of hydrogen-bond donors (Lipinski definition) is 1. The van der Waals surface area contributed by atoms with E-state index < -0.39 is 0 Å². The van der Waals surface area contributed by atoms with Gasteiger partial charge < -0.3 is 10.1 Å². The predicted octanol–water partition coefficient (Wildman–Crippen LogP) is 1.08. The zero-order valence-corrected chi connectivity index (χ0v) is 14.0. The molecular formula is C16H26N4O3. The van der Waals surface area contributed by atoms with Gasteiger partial charge in [-0.3, -0.25) is 9.36 Å². The minimum atomic E-state index is -0.232. The van der Waals surface area contributed by atoms with Gasteiger partial charge in [0.1, 0.15) is 12.6 Å². The highest BCUT2D eigenvalue weighted by Gasteiger charge is 2.31. The molecule has 0 unspecified atom stereocenters. The Kier molecular flexibility index (Phi) is 4.84. The quantitative estimate of drug-likeness (QED) is 0.850. The molecule has 7 nitrogen and oxygen atoms in total. The second kappa shape index (κ2) is 6.86. The summed E-state index contributed by atoms with van der Waals surface area (Å²) in [5.74, 6) is 1.44. The Hall–Kier alpha value is -1.63. The van der Waals surface area contributed by atoms with Crippen molar-refractivity contribution in [1.29, 1.82) is 0 Å². The monoisotopic (exact) mass is 322 g/mol. The minimum Gasteiger partial charge on any atom is -0.370 e. The molecule has 7 heteroatoms. The Balaban J connectivity index is 1.70. The van der Waals surface area contributed by atoms with Crippen LogP contribution in [-0.4, -0.2) is 33.4 Å². The zero-order valence-electron chi connectivity index (χ0n) is 14.0. The summed E-state index contributed by atoms with van der Waals surface area (Å²) in [6.45, 7) is 5.92. The Morgan fingerprint density at radius 3 is 2.74 bits per heavy atom. The van der Waals surface area contributed by atoms with E-state index >= 15 is 0 Å². The number of rotatable bonds is 6. The van der Waals surface area contributed by atoms with Gasteiger partial charge in [-0.25, -0.2) is 9.48 Å². The van der Waals surface area contributed by atoms with E-state index in [1.807, 2.05) is 6.92 Å². The molecule has 128 valence electrons. The first-order valence-corrected chi connectivity index (χ1v) is 8.66. The van der Waals surface area contributed by atoms with Gasteiger partial charge in [-0.1, -0.05) is 13.3 Å². The van der Waals surface area contributed by atoms with Gasteiger partial charge in [-0.2, -0.15) is 5.10 Å². The molecule has 1 saturated carbocycles. The molecule has 2 atom stereocenters. The van der Waals surface area contributed by atoms with Crippen molar-refractivity contribution in [3.8, 4) is 0 Å². The van der Waals surface area contributed by atoms with Gasteiger partial charge >= 0.3 is 5.69 Å². The molecule has 1 aromatic heterocycles. The lowest BCUT2D eigenvalue weighted by molar-refractivity contribution is -0.122. The molecule has 1 aliphatic heterocycles. The van der Waals surface area contributed by atoms with Crippen LogP contribution in [0.4, 0.5) is 0 Å². The minimum absolute atomic E-state index is 0.0212. The molecule has 23 heavy (non-hydrogen) atoms. The van der Waals surface area contributed by atoms with E-state index in [4.69, 9.17) is 4.74 Å². The zero-order chi connectivity index (χ0) is 16.4. The van der Waals surface area contributed by atoms with Gasteiger partial charge in [0.15, 0.2) is 5.82 Å². The molecule has 3 rings (SSSR count). The van der Waals surface area contributed by atoms with E-state index in [0.717, 1.165) is 6.42 Å². The Morgan fingerprint density at radius 2 is 2.17 bits per heavy atom. The summed E-state index contributed by atoms with van der Waals surface area (Å²) in [5.41, 5.74) is -0.232.